The molecule has 7 nitrogen and oxygen atoms in total. The van der Waals surface area contributed by atoms with Gasteiger partial charge in [-0.1, -0.05) is 59.7 Å². The molecular formula is C29H35N3O4S. The second kappa shape index (κ2) is 11.6. The predicted molar refractivity (Wildman–Crippen MR) is 147 cm³/mol. The molecule has 2 amide bonds. The highest BCUT2D eigenvalue weighted by atomic mass is 32.2. The molecule has 3 aromatic rings. The summed E-state index contributed by atoms with van der Waals surface area (Å²) in [6.45, 7) is 8.89. The predicted octanol–water partition coefficient (Wildman–Crippen LogP) is 4.28. The lowest BCUT2D eigenvalue weighted by Crippen LogP contribution is -2.50. The van der Waals surface area contributed by atoms with E-state index in [2.05, 4.69) is 5.32 Å². The molecule has 37 heavy (non-hydrogen) atoms. The van der Waals surface area contributed by atoms with Gasteiger partial charge >= 0.3 is 0 Å². The highest BCUT2D eigenvalue weighted by Crippen LogP contribution is 2.28. The largest absolute Gasteiger partial charge is 0.357 e. The van der Waals surface area contributed by atoms with Gasteiger partial charge in [0, 0.05) is 13.6 Å². The Bertz CT molecular complexity index is 1370. The van der Waals surface area contributed by atoms with Gasteiger partial charge in [-0.05, 0) is 69.5 Å². The van der Waals surface area contributed by atoms with E-state index < -0.39 is 28.5 Å². The summed E-state index contributed by atoms with van der Waals surface area (Å²) in [6, 6.07) is 18.9. The van der Waals surface area contributed by atoms with Crippen molar-refractivity contribution in [1.29, 1.82) is 0 Å². The second-order valence-corrected chi connectivity index (χ2v) is 11.3. The minimum Gasteiger partial charge on any atom is -0.357 e. The van der Waals surface area contributed by atoms with Crippen molar-refractivity contribution >= 4 is 27.5 Å². The first-order valence-electron chi connectivity index (χ1n) is 12.2. The number of rotatable bonds is 9. The summed E-state index contributed by atoms with van der Waals surface area (Å²) in [5, 5.41) is 2.59. The van der Waals surface area contributed by atoms with Crippen LogP contribution in [-0.2, 0) is 26.2 Å². The summed E-state index contributed by atoms with van der Waals surface area (Å²) < 4.78 is 28.9. The number of likely N-dealkylation sites (N-methyl/N-ethyl adjacent to an activating group) is 1. The summed E-state index contributed by atoms with van der Waals surface area (Å²) in [6.07, 6.45) is 0. The maximum absolute atomic E-state index is 13.9. The number of aryl methyl sites for hydroxylation is 4. The maximum atomic E-state index is 13.9. The first kappa shape index (κ1) is 27.9. The highest BCUT2D eigenvalue weighted by Gasteiger charge is 2.33. The van der Waals surface area contributed by atoms with Gasteiger partial charge in [-0.3, -0.25) is 13.9 Å². The molecule has 1 unspecified atom stereocenters. The Hall–Kier alpha value is -3.65. The second-order valence-electron chi connectivity index (χ2n) is 9.41. The zero-order valence-corrected chi connectivity index (χ0v) is 23.1. The number of nitrogens with zero attached hydrogens (tertiary/aromatic N) is 2. The highest BCUT2D eigenvalue weighted by molar-refractivity contribution is 7.92. The topological polar surface area (TPSA) is 86.8 Å². The van der Waals surface area contributed by atoms with Gasteiger partial charge in [0.05, 0.1) is 10.6 Å². The van der Waals surface area contributed by atoms with Crippen LogP contribution < -0.4 is 9.62 Å². The lowest BCUT2D eigenvalue weighted by molar-refractivity contribution is -0.139. The Morgan fingerprint density at radius 3 is 1.95 bits per heavy atom. The van der Waals surface area contributed by atoms with E-state index in [0.29, 0.717) is 5.69 Å². The van der Waals surface area contributed by atoms with Gasteiger partial charge in [0.1, 0.15) is 12.6 Å². The lowest BCUT2D eigenvalue weighted by Gasteiger charge is -2.32. The van der Waals surface area contributed by atoms with Crippen LogP contribution in [0.5, 0.6) is 0 Å². The van der Waals surface area contributed by atoms with E-state index in [0.717, 1.165) is 32.1 Å². The van der Waals surface area contributed by atoms with Gasteiger partial charge in [0.2, 0.25) is 11.8 Å². The van der Waals surface area contributed by atoms with Gasteiger partial charge in [0.25, 0.3) is 10.0 Å². The van der Waals surface area contributed by atoms with Crippen molar-refractivity contribution in [2.45, 2.75) is 52.1 Å². The number of hydrogen-bond acceptors (Lipinski definition) is 4. The zero-order chi connectivity index (χ0) is 27.3. The fourth-order valence-corrected chi connectivity index (χ4v) is 5.49. The molecule has 8 heteroatoms. The quantitative estimate of drug-likeness (QED) is 0.455. The van der Waals surface area contributed by atoms with Crippen molar-refractivity contribution in [2.75, 3.05) is 17.9 Å². The molecule has 0 spiro atoms. The van der Waals surface area contributed by atoms with Gasteiger partial charge in [-0.15, -0.1) is 0 Å². The van der Waals surface area contributed by atoms with Crippen LogP contribution in [0.1, 0.15) is 34.7 Å². The SMILES string of the molecule is CNC(=O)C(C)N(Cc1ccc(C)cc1)C(=O)CN(c1cc(C)ccc1C)S(=O)(=O)c1ccc(C)cc1. The van der Waals surface area contributed by atoms with Crippen LogP contribution in [0.4, 0.5) is 5.69 Å². The van der Waals surface area contributed by atoms with Crippen LogP contribution in [0, 0.1) is 27.7 Å². The van der Waals surface area contributed by atoms with Gasteiger partial charge in [-0.2, -0.15) is 0 Å². The third-order valence-electron chi connectivity index (χ3n) is 6.41. The molecule has 0 aliphatic carbocycles. The van der Waals surface area contributed by atoms with Crippen LogP contribution in [0.2, 0.25) is 0 Å². The molecule has 0 heterocycles. The van der Waals surface area contributed by atoms with E-state index in [9.17, 15) is 18.0 Å². The Morgan fingerprint density at radius 1 is 0.838 bits per heavy atom. The Morgan fingerprint density at radius 2 is 1.38 bits per heavy atom. The van der Waals surface area contributed by atoms with Crippen molar-refractivity contribution in [3.8, 4) is 0 Å². The number of carbonyl (C=O) groups is 2. The summed E-state index contributed by atoms with van der Waals surface area (Å²) in [5.74, 6) is -0.812. The first-order chi connectivity index (χ1) is 17.4. The van der Waals surface area contributed by atoms with E-state index >= 15 is 0 Å². The monoisotopic (exact) mass is 521 g/mol. The number of nitrogens with one attached hydrogen (secondary N) is 1. The zero-order valence-electron chi connectivity index (χ0n) is 22.3. The van der Waals surface area contributed by atoms with Crippen molar-refractivity contribution in [2.24, 2.45) is 0 Å². The van der Waals surface area contributed by atoms with Crippen LogP contribution in [0.3, 0.4) is 0 Å². The molecule has 3 aromatic carbocycles. The van der Waals surface area contributed by atoms with E-state index in [-0.39, 0.29) is 17.3 Å². The van der Waals surface area contributed by atoms with Gasteiger partial charge < -0.3 is 10.2 Å². The van der Waals surface area contributed by atoms with Crippen molar-refractivity contribution in [1.82, 2.24) is 10.2 Å². The Balaban J connectivity index is 2.07. The van der Waals surface area contributed by atoms with E-state index in [1.807, 2.05) is 64.1 Å². The number of hydrogen-bond donors (Lipinski definition) is 1. The van der Waals surface area contributed by atoms with E-state index in [4.69, 9.17) is 0 Å². The summed E-state index contributed by atoms with van der Waals surface area (Å²) in [7, 11) is -2.57. The normalized spacial score (nSPS) is 12.1. The maximum Gasteiger partial charge on any atom is 0.264 e. The van der Waals surface area contributed by atoms with Gasteiger partial charge in [-0.25, -0.2) is 8.42 Å². The standard InChI is InChI=1S/C29H35N3O4S/c1-20-8-13-25(14-9-20)18-31(24(5)29(34)30-6)28(33)19-32(27-17-22(3)7-12-23(27)4)37(35,36)26-15-10-21(2)11-16-26/h7-17,24H,18-19H2,1-6H3,(H,30,34). The van der Waals surface area contributed by atoms with Crippen molar-refractivity contribution in [3.05, 3.63) is 94.5 Å². The number of anilines is 1. The molecule has 0 saturated heterocycles. The average Bonchev–Trinajstić information content (AvgIpc) is 2.87. The molecule has 196 valence electrons. The Kier molecular flexibility index (Phi) is 8.76. The molecule has 0 saturated carbocycles. The van der Waals surface area contributed by atoms with Crippen LogP contribution >= 0.6 is 0 Å². The average molecular weight is 522 g/mol. The molecule has 1 N–H and O–H groups in total. The van der Waals surface area contributed by atoms with Crippen molar-refractivity contribution in [3.63, 3.8) is 0 Å². The summed E-state index contributed by atoms with van der Waals surface area (Å²) >= 11 is 0. The fraction of sp³-hybridized carbons (Fsp3) is 0.310. The van der Waals surface area contributed by atoms with Crippen molar-refractivity contribution < 1.29 is 18.0 Å². The molecule has 1 atom stereocenters. The number of carbonyl (C=O) groups excluding carboxylic acids is 2. The van der Waals surface area contributed by atoms with Crippen LogP contribution in [0.25, 0.3) is 0 Å². The van der Waals surface area contributed by atoms with E-state index in [1.165, 1.54) is 11.9 Å². The molecule has 3 rings (SSSR count). The molecule has 0 aromatic heterocycles. The lowest BCUT2D eigenvalue weighted by atomic mass is 10.1. The molecule has 0 fully saturated rings. The number of sulfonamides is 1. The molecular weight excluding hydrogens is 486 g/mol. The number of benzene rings is 3. The third kappa shape index (κ3) is 6.57. The molecule has 0 aliphatic heterocycles. The minimum atomic E-state index is -4.08. The van der Waals surface area contributed by atoms with E-state index in [1.54, 1.807) is 37.3 Å². The fourth-order valence-electron chi connectivity index (χ4n) is 4.02. The summed E-state index contributed by atoms with van der Waals surface area (Å²) in [4.78, 5) is 27.9. The summed E-state index contributed by atoms with van der Waals surface area (Å²) in [5.41, 5.74) is 4.86. The van der Waals surface area contributed by atoms with Crippen LogP contribution in [-0.4, -0.2) is 44.8 Å². The molecule has 0 bridgehead atoms. The van der Waals surface area contributed by atoms with Crippen LogP contribution in [0.15, 0.2) is 71.6 Å². The minimum absolute atomic E-state index is 0.0937. The smallest absolute Gasteiger partial charge is 0.264 e. The van der Waals surface area contributed by atoms with Gasteiger partial charge in [0.15, 0.2) is 0 Å². The molecule has 0 aliphatic rings. The molecule has 0 radical (unpaired) electrons. The first-order valence-corrected chi connectivity index (χ1v) is 13.6. The Labute approximate surface area is 220 Å². The third-order valence-corrected chi connectivity index (χ3v) is 8.18. The number of amides is 2.